The molecule has 0 radical (unpaired) electrons. The van der Waals surface area contributed by atoms with Crippen molar-refractivity contribution in [2.45, 2.75) is 44.0 Å². The second-order valence-electron chi connectivity index (χ2n) is 4.25. The highest BCUT2D eigenvalue weighted by molar-refractivity contribution is 7.99. The first-order valence-corrected chi connectivity index (χ1v) is 6.27. The van der Waals surface area contributed by atoms with Crippen LogP contribution in [0.4, 0.5) is 0 Å². The maximum atomic E-state index is 5.91. The molecule has 3 heteroatoms. The van der Waals surface area contributed by atoms with Gasteiger partial charge < -0.3 is 5.73 Å². The molecule has 84 valence electrons. The maximum Gasteiger partial charge on any atom is 0.101 e. The van der Waals surface area contributed by atoms with Crippen LogP contribution in [0.15, 0.2) is 23.4 Å². The van der Waals surface area contributed by atoms with Gasteiger partial charge in [0.1, 0.15) is 5.03 Å². The van der Waals surface area contributed by atoms with Crippen LogP contribution in [0.2, 0.25) is 0 Å². The Morgan fingerprint density at radius 2 is 1.93 bits per heavy atom. The van der Waals surface area contributed by atoms with Gasteiger partial charge in [-0.15, -0.1) is 11.8 Å². The summed E-state index contributed by atoms with van der Waals surface area (Å²) in [6.45, 7) is 8.69. The van der Waals surface area contributed by atoms with Crippen LogP contribution in [0, 0.1) is 5.92 Å². The fourth-order valence-corrected chi connectivity index (χ4v) is 2.30. The van der Waals surface area contributed by atoms with Crippen molar-refractivity contribution in [3.05, 3.63) is 23.9 Å². The minimum atomic E-state index is 0.0561. The molecule has 2 N–H and O–H groups in total. The largest absolute Gasteiger partial charge is 0.324 e. The van der Waals surface area contributed by atoms with Crippen LogP contribution in [0.5, 0.6) is 0 Å². The number of rotatable bonds is 4. The van der Waals surface area contributed by atoms with E-state index in [-0.39, 0.29) is 6.04 Å². The molecule has 1 rings (SSSR count). The van der Waals surface area contributed by atoms with Gasteiger partial charge in [-0.1, -0.05) is 26.8 Å². The summed E-state index contributed by atoms with van der Waals surface area (Å²) in [6, 6.07) is 4.07. The van der Waals surface area contributed by atoms with Gasteiger partial charge in [-0.25, -0.2) is 4.98 Å². The molecule has 2 nitrogen and oxygen atoms in total. The molecule has 0 aliphatic heterocycles. The number of hydrogen-bond donors (Lipinski definition) is 1. The third kappa shape index (κ3) is 3.50. The molecule has 0 saturated carbocycles. The van der Waals surface area contributed by atoms with Crippen molar-refractivity contribution in [3.63, 3.8) is 0 Å². The van der Waals surface area contributed by atoms with Crippen molar-refractivity contribution in [2.24, 2.45) is 11.7 Å². The summed E-state index contributed by atoms with van der Waals surface area (Å²) in [5, 5.41) is 1.64. The Morgan fingerprint density at radius 1 is 1.27 bits per heavy atom. The van der Waals surface area contributed by atoms with Gasteiger partial charge in [0, 0.05) is 23.1 Å². The fourth-order valence-electron chi connectivity index (χ4n) is 1.16. The number of aromatic nitrogens is 1. The molecule has 0 spiro atoms. The molecule has 0 bridgehead atoms. The minimum Gasteiger partial charge on any atom is -0.324 e. The second-order valence-corrected chi connectivity index (χ2v) is 5.62. The topological polar surface area (TPSA) is 38.9 Å². The van der Waals surface area contributed by atoms with E-state index in [0.29, 0.717) is 11.2 Å². The van der Waals surface area contributed by atoms with Crippen molar-refractivity contribution in [2.75, 3.05) is 0 Å². The lowest BCUT2D eigenvalue weighted by molar-refractivity contribution is 0.640. The quantitative estimate of drug-likeness (QED) is 0.798. The van der Waals surface area contributed by atoms with Crippen LogP contribution in [-0.4, -0.2) is 10.2 Å². The lowest BCUT2D eigenvalue weighted by atomic mass is 10.1. The van der Waals surface area contributed by atoms with Gasteiger partial charge in [-0.3, -0.25) is 0 Å². The van der Waals surface area contributed by atoms with Gasteiger partial charge in [0.25, 0.3) is 0 Å². The third-order valence-corrected chi connectivity index (χ3v) is 4.01. The molecule has 0 aliphatic carbocycles. The average molecular weight is 224 g/mol. The van der Waals surface area contributed by atoms with Crippen LogP contribution in [-0.2, 0) is 0 Å². The summed E-state index contributed by atoms with van der Waals surface area (Å²) >= 11 is 1.82. The Hall–Kier alpha value is -0.540. The highest BCUT2D eigenvalue weighted by Gasteiger charge is 2.14. The van der Waals surface area contributed by atoms with Gasteiger partial charge in [-0.05, 0) is 18.9 Å². The second kappa shape index (κ2) is 5.52. The van der Waals surface area contributed by atoms with Crippen molar-refractivity contribution in [1.29, 1.82) is 0 Å². The molecule has 1 heterocycles. The molecule has 2 atom stereocenters. The minimum absolute atomic E-state index is 0.0561. The van der Waals surface area contributed by atoms with Crippen LogP contribution >= 0.6 is 11.8 Å². The Balaban J connectivity index is 2.84. The molecule has 0 fully saturated rings. The maximum absolute atomic E-state index is 5.91. The van der Waals surface area contributed by atoms with Crippen LogP contribution in [0.1, 0.15) is 39.3 Å². The SMILES string of the molecule is CC(C)C(C)Sc1ncccc1[C@H](C)N. The first-order chi connectivity index (χ1) is 7.02. The molecular weight excluding hydrogens is 204 g/mol. The van der Waals surface area contributed by atoms with E-state index in [1.807, 2.05) is 30.9 Å². The average Bonchev–Trinajstić information content (AvgIpc) is 2.18. The summed E-state index contributed by atoms with van der Waals surface area (Å²) in [5.74, 6) is 0.651. The lowest BCUT2D eigenvalue weighted by Gasteiger charge is -2.17. The molecule has 1 aromatic heterocycles. The summed E-state index contributed by atoms with van der Waals surface area (Å²) in [6.07, 6.45) is 1.83. The number of hydrogen-bond acceptors (Lipinski definition) is 3. The van der Waals surface area contributed by atoms with Gasteiger partial charge in [0.15, 0.2) is 0 Å². The van der Waals surface area contributed by atoms with Crippen LogP contribution in [0.3, 0.4) is 0 Å². The molecule has 0 aliphatic rings. The first-order valence-electron chi connectivity index (χ1n) is 5.39. The number of pyridine rings is 1. The molecule has 0 aromatic carbocycles. The fraction of sp³-hybridized carbons (Fsp3) is 0.583. The van der Waals surface area contributed by atoms with Crippen LogP contribution in [0.25, 0.3) is 0 Å². The summed E-state index contributed by atoms with van der Waals surface area (Å²) in [4.78, 5) is 4.41. The third-order valence-electron chi connectivity index (χ3n) is 2.53. The monoisotopic (exact) mass is 224 g/mol. The zero-order chi connectivity index (χ0) is 11.4. The number of nitrogens with zero attached hydrogens (tertiary/aromatic N) is 1. The summed E-state index contributed by atoms with van der Waals surface area (Å²) in [5.41, 5.74) is 7.06. The van der Waals surface area contributed by atoms with Crippen LogP contribution < -0.4 is 5.73 Å². The summed E-state index contributed by atoms with van der Waals surface area (Å²) in [7, 11) is 0. The van der Waals surface area contributed by atoms with E-state index in [1.54, 1.807) is 0 Å². The van der Waals surface area contributed by atoms with E-state index in [4.69, 9.17) is 5.73 Å². The van der Waals surface area contributed by atoms with E-state index in [0.717, 1.165) is 10.6 Å². The predicted molar refractivity (Wildman–Crippen MR) is 67.0 cm³/mol. The Kier molecular flexibility index (Phi) is 4.61. The molecule has 15 heavy (non-hydrogen) atoms. The van der Waals surface area contributed by atoms with Gasteiger partial charge in [0.2, 0.25) is 0 Å². The normalized spacial score (nSPS) is 15.3. The molecule has 0 saturated heterocycles. The Labute approximate surface area is 96.7 Å². The van der Waals surface area contributed by atoms with E-state index >= 15 is 0 Å². The summed E-state index contributed by atoms with van der Waals surface area (Å²) < 4.78 is 0. The van der Waals surface area contributed by atoms with E-state index in [1.165, 1.54) is 0 Å². The molecule has 1 aromatic rings. The van der Waals surface area contributed by atoms with Crippen molar-refractivity contribution in [3.8, 4) is 0 Å². The highest BCUT2D eigenvalue weighted by atomic mass is 32.2. The number of nitrogens with two attached hydrogens (primary N) is 1. The van der Waals surface area contributed by atoms with Crippen molar-refractivity contribution < 1.29 is 0 Å². The lowest BCUT2D eigenvalue weighted by Crippen LogP contribution is -2.10. The highest BCUT2D eigenvalue weighted by Crippen LogP contribution is 2.30. The molecule has 0 amide bonds. The van der Waals surface area contributed by atoms with Gasteiger partial charge in [0.05, 0.1) is 0 Å². The zero-order valence-electron chi connectivity index (χ0n) is 9.90. The number of thioether (sulfide) groups is 1. The molecule has 1 unspecified atom stereocenters. The standard InChI is InChI=1S/C12H20N2S/c1-8(2)10(4)15-12-11(9(3)13)6-5-7-14-12/h5-10H,13H2,1-4H3/t9-,10?/m0/s1. The van der Waals surface area contributed by atoms with Gasteiger partial charge >= 0.3 is 0 Å². The van der Waals surface area contributed by atoms with E-state index in [9.17, 15) is 0 Å². The Bertz CT molecular complexity index is 310. The Morgan fingerprint density at radius 3 is 2.47 bits per heavy atom. The zero-order valence-corrected chi connectivity index (χ0v) is 10.7. The van der Waals surface area contributed by atoms with E-state index in [2.05, 4.69) is 31.8 Å². The smallest absolute Gasteiger partial charge is 0.101 e. The van der Waals surface area contributed by atoms with Gasteiger partial charge in [-0.2, -0.15) is 0 Å². The van der Waals surface area contributed by atoms with E-state index < -0.39 is 0 Å². The first kappa shape index (κ1) is 12.5. The predicted octanol–water partition coefficient (Wildman–Crippen LogP) is 3.24. The molecular formula is C12H20N2S. The van der Waals surface area contributed by atoms with Crippen molar-refractivity contribution in [1.82, 2.24) is 4.98 Å². The van der Waals surface area contributed by atoms with Crippen molar-refractivity contribution >= 4 is 11.8 Å².